The van der Waals surface area contributed by atoms with E-state index in [-0.39, 0.29) is 17.1 Å². The van der Waals surface area contributed by atoms with Crippen molar-refractivity contribution >= 4 is 29.1 Å². The molecular weight excluding hydrogens is 299 g/mol. The topological polar surface area (TPSA) is 55.1 Å². The molecule has 0 saturated carbocycles. The molecule has 0 aliphatic heterocycles. The highest BCUT2D eigenvalue weighted by atomic mass is 35.5. The van der Waals surface area contributed by atoms with Gasteiger partial charge in [0.2, 0.25) is 0 Å². The van der Waals surface area contributed by atoms with Crippen LogP contribution in [0.15, 0.2) is 28.8 Å². The zero-order valence-electron chi connectivity index (χ0n) is 11.3. The van der Waals surface area contributed by atoms with Crippen molar-refractivity contribution < 1.29 is 9.32 Å². The summed E-state index contributed by atoms with van der Waals surface area (Å²) in [7, 11) is 0. The fraction of sp³-hybridized carbons (Fsp3) is 0.286. The second-order valence-corrected chi connectivity index (χ2v) is 6.25. The van der Waals surface area contributed by atoms with Crippen molar-refractivity contribution in [2.75, 3.05) is 0 Å². The third kappa shape index (κ3) is 3.52. The quantitative estimate of drug-likeness (QED) is 0.905. The molecule has 106 valence electrons. The van der Waals surface area contributed by atoms with E-state index in [1.165, 1.54) is 0 Å². The van der Waals surface area contributed by atoms with Gasteiger partial charge in [-0.15, -0.1) is 0 Å². The van der Waals surface area contributed by atoms with Crippen molar-refractivity contribution in [1.82, 2.24) is 10.5 Å². The number of hydrogen-bond donors (Lipinski definition) is 1. The van der Waals surface area contributed by atoms with Crippen molar-refractivity contribution in [3.8, 4) is 11.3 Å². The Labute approximate surface area is 127 Å². The number of amides is 1. The Bertz CT molecular complexity index is 645. The van der Waals surface area contributed by atoms with Crippen LogP contribution in [0.25, 0.3) is 11.3 Å². The molecular formula is C14H14Cl2N2O2. The van der Waals surface area contributed by atoms with Gasteiger partial charge in [-0.1, -0.05) is 28.4 Å². The fourth-order valence-electron chi connectivity index (χ4n) is 1.60. The van der Waals surface area contributed by atoms with E-state index in [0.717, 1.165) is 0 Å². The van der Waals surface area contributed by atoms with E-state index in [4.69, 9.17) is 27.7 Å². The van der Waals surface area contributed by atoms with Crippen LogP contribution in [-0.4, -0.2) is 16.6 Å². The average Bonchev–Trinajstić information content (AvgIpc) is 2.75. The van der Waals surface area contributed by atoms with Gasteiger partial charge >= 0.3 is 0 Å². The maximum absolute atomic E-state index is 12.0. The van der Waals surface area contributed by atoms with Crippen molar-refractivity contribution in [1.29, 1.82) is 0 Å². The van der Waals surface area contributed by atoms with E-state index in [1.54, 1.807) is 24.3 Å². The summed E-state index contributed by atoms with van der Waals surface area (Å²) in [5.74, 6) is 0.128. The van der Waals surface area contributed by atoms with Crippen LogP contribution in [0.1, 0.15) is 31.3 Å². The van der Waals surface area contributed by atoms with Gasteiger partial charge in [0.15, 0.2) is 11.5 Å². The van der Waals surface area contributed by atoms with Gasteiger partial charge in [-0.25, -0.2) is 0 Å². The fourth-order valence-corrected chi connectivity index (χ4v) is 2.10. The number of nitrogens with zero attached hydrogens (tertiary/aromatic N) is 1. The van der Waals surface area contributed by atoms with E-state index in [1.807, 2.05) is 20.8 Å². The zero-order chi connectivity index (χ0) is 14.9. The lowest BCUT2D eigenvalue weighted by Crippen LogP contribution is -2.40. The van der Waals surface area contributed by atoms with Crippen LogP contribution in [-0.2, 0) is 0 Å². The van der Waals surface area contributed by atoms with Crippen LogP contribution >= 0.6 is 23.2 Å². The maximum atomic E-state index is 12.0. The molecule has 1 amide bonds. The van der Waals surface area contributed by atoms with Crippen LogP contribution in [0.3, 0.4) is 0 Å². The van der Waals surface area contributed by atoms with Gasteiger partial charge < -0.3 is 9.84 Å². The first-order chi connectivity index (χ1) is 9.26. The standard InChI is InChI=1S/C14H14Cl2N2O2/c1-14(2,3)17-13(19)11-7-12(20-18-11)9-5-4-8(15)6-10(9)16/h4-7H,1-3H3,(H,17,19). The number of hydrogen-bond acceptors (Lipinski definition) is 3. The Kier molecular flexibility index (Phi) is 4.06. The number of halogens is 2. The third-order valence-corrected chi connectivity index (χ3v) is 2.98. The Morgan fingerprint density at radius 2 is 1.95 bits per heavy atom. The summed E-state index contributed by atoms with van der Waals surface area (Å²) in [4.78, 5) is 12.0. The highest BCUT2D eigenvalue weighted by Crippen LogP contribution is 2.30. The van der Waals surface area contributed by atoms with Crippen LogP contribution in [0, 0.1) is 0 Å². The molecule has 0 radical (unpaired) electrons. The molecule has 1 aromatic heterocycles. The summed E-state index contributed by atoms with van der Waals surface area (Å²) in [5.41, 5.74) is 0.507. The van der Waals surface area contributed by atoms with Gasteiger partial charge in [0.05, 0.1) is 5.02 Å². The van der Waals surface area contributed by atoms with E-state index < -0.39 is 0 Å². The minimum atomic E-state index is -0.339. The molecule has 0 atom stereocenters. The smallest absolute Gasteiger partial charge is 0.273 e. The summed E-state index contributed by atoms with van der Waals surface area (Å²) < 4.78 is 5.17. The second kappa shape index (κ2) is 5.46. The number of nitrogens with one attached hydrogen (secondary N) is 1. The second-order valence-electron chi connectivity index (χ2n) is 5.40. The van der Waals surface area contributed by atoms with Crippen molar-refractivity contribution in [2.24, 2.45) is 0 Å². The predicted molar refractivity (Wildman–Crippen MR) is 79.2 cm³/mol. The lowest BCUT2D eigenvalue weighted by Gasteiger charge is -2.19. The van der Waals surface area contributed by atoms with Crippen LogP contribution < -0.4 is 5.32 Å². The SMILES string of the molecule is CC(C)(C)NC(=O)c1cc(-c2ccc(Cl)cc2Cl)on1. The van der Waals surface area contributed by atoms with Crippen molar-refractivity contribution in [2.45, 2.75) is 26.3 Å². The summed E-state index contributed by atoms with van der Waals surface area (Å²) >= 11 is 11.9. The summed E-state index contributed by atoms with van der Waals surface area (Å²) in [6.07, 6.45) is 0. The van der Waals surface area contributed by atoms with Crippen molar-refractivity contribution in [3.63, 3.8) is 0 Å². The molecule has 4 nitrogen and oxygen atoms in total. The Hall–Kier alpha value is -1.52. The Morgan fingerprint density at radius 1 is 1.25 bits per heavy atom. The van der Waals surface area contributed by atoms with Gasteiger partial charge in [-0.05, 0) is 39.0 Å². The Morgan fingerprint density at radius 3 is 2.55 bits per heavy atom. The number of carbonyl (C=O) groups excluding carboxylic acids is 1. The number of rotatable bonds is 2. The molecule has 1 heterocycles. The number of benzene rings is 1. The molecule has 0 aliphatic carbocycles. The molecule has 0 unspecified atom stereocenters. The van der Waals surface area contributed by atoms with E-state index >= 15 is 0 Å². The molecule has 0 aliphatic rings. The van der Waals surface area contributed by atoms with Gasteiger partial charge in [-0.3, -0.25) is 4.79 Å². The van der Waals surface area contributed by atoms with E-state index in [0.29, 0.717) is 21.4 Å². The summed E-state index contributed by atoms with van der Waals surface area (Å²) in [6.45, 7) is 5.67. The first-order valence-electron chi connectivity index (χ1n) is 6.01. The monoisotopic (exact) mass is 312 g/mol. The number of carbonyl (C=O) groups is 1. The normalized spacial score (nSPS) is 11.4. The molecule has 2 rings (SSSR count). The lowest BCUT2D eigenvalue weighted by atomic mass is 10.1. The largest absolute Gasteiger partial charge is 0.355 e. The molecule has 6 heteroatoms. The summed E-state index contributed by atoms with van der Waals surface area (Å²) in [5, 5.41) is 7.54. The van der Waals surface area contributed by atoms with E-state index in [9.17, 15) is 4.79 Å². The van der Waals surface area contributed by atoms with Gasteiger partial charge in [0, 0.05) is 22.2 Å². The highest BCUT2D eigenvalue weighted by Gasteiger charge is 2.19. The van der Waals surface area contributed by atoms with Gasteiger partial charge in [-0.2, -0.15) is 0 Å². The molecule has 0 saturated heterocycles. The first kappa shape index (κ1) is 14.9. The molecule has 0 fully saturated rings. The highest BCUT2D eigenvalue weighted by molar-refractivity contribution is 6.36. The minimum absolute atomic E-state index is 0.209. The Balaban J connectivity index is 2.27. The molecule has 0 bridgehead atoms. The van der Waals surface area contributed by atoms with Crippen LogP contribution in [0.5, 0.6) is 0 Å². The minimum Gasteiger partial charge on any atom is -0.355 e. The molecule has 1 aromatic carbocycles. The molecule has 0 spiro atoms. The maximum Gasteiger partial charge on any atom is 0.273 e. The van der Waals surface area contributed by atoms with Crippen LogP contribution in [0.4, 0.5) is 0 Å². The number of aromatic nitrogens is 1. The zero-order valence-corrected chi connectivity index (χ0v) is 12.8. The predicted octanol–water partition coefficient (Wildman–Crippen LogP) is 4.18. The van der Waals surface area contributed by atoms with Crippen LogP contribution in [0.2, 0.25) is 10.0 Å². The third-order valence-electron chi connectivity index (χ3n) is 2.43. The average molecular weight is 313 g/mol. The first-order valence-corrected chi connectivity index (χ1v) is 6.76. The lowest BCUT2D eigenvalue weighted by molar-refractivity contribution is 0.0910. The van der Waals surface area contributed by atoms with Gasteiger partial charge in [0.25, 0.3) is 5.91 Å². The molecule has 20 heavy (non-hydrogen) atoms. The van der Waals surface area contributed by atoms with Gasteiger partial charge in [0.1, 0.15) is 0 Å². The molecule has 2 aromatic rings. The summed E-state index contributed by atoms with van der Waals surface area (Å²) in [6, 6.07) is 6.57. The molecule has 1 N–H and O–H groups in total. The van der Waals surface area contributed by atoms with E-state index in [2.05, 4.69) is 10.5 Å². The van der Waals surface area contributed by atoms with Crippen molar-refractivity contribution in [3.05, 3.63) is 40.0 Å².